The van der Waals surface area contributed by atoms with Gasteiger partial charge in [0, 0.05) is 37.5 Å². The fraction of sp³-hybridized carbons (Fsp3) is 0.611. The van der Waals surface area contributed by atoms with Gasteiger partial charge in [-0.15, -0.1) is 11.3 Å². The molecular weight excluding hydrogens is 336 g/mol. The fourth-order valence-electron chi connectivity index (χ4n) is 3.81. The van der Waals surface area contributed by atoms with Gasteiger partial charge in [-0.05, 0) is 44.2 Å². The Morgan fingerprint density at radius 2 is 2.08 bits per heavy atom. The van der Waals surface area contributed by atoms with Gasteiger partial charge < -0.3 is 10.2 Å². The molecular formula is C18H24N4O2S. The van der Waals surface area contributed by atoms with E-state index in [0.717, 1.165) is 62.1 Å². The molecule has 0 atom stereocenters. The molecule has 0 saturated carbocycles. The third kappa shape index (κ3) is 3.35. The smallest absolute Gasteiger partial charge is 0.262 e. The molecule has 0 radical (unpaired) electrons. The van der Waals surface area contributed by atoms with Crippen LogP contribution in [0.4, 0.5) is 0 Å². The number of hydrogen-bond acceptors (Lipinski definition) is 5. The van der Waals surface area contributed by atoms with E-state index in [9.17, 15) is 9.59 Å². The first-order chi connectivity index (χ1) is 12.2. The zero-order valence-corrected chi connectivity index (χ0v) is 15.2. The zero-order valence-electron chi connectivity index (χ0n) is 14.4. The molecule has 1 fully saturated rings. The van der Waals surface area contributed by atoms with Crippen molar-refractivity contribution >= 4 is 27.5 Å². The van der Waals surface area contributed by atoms with Crippen molar-refractivity contribution in [2.45, 2.75) is 45.1 Å². The molecule has 4 rings (SSSR count). The van der Waals surface area contributed by atoms with E-state index in [1.807, 2.05) is 4.90 Å². The van der Waals surface area contributed by atoms with Gasteiger partial charge in [0.25, 0.3) is 5.56 Å². The lowest BCUT2D eigenvalue weighted by atomic mass is 9.97. The van der Waals surface area contributed by atoms with Crippen LogP contribution in [0.3, 0.4) is 0 Å². The Bertz CT molecular complexity index is 833. The SMILES string of the molecule is O=C(CCn1cnc2sc3c(c2c1=O)CCCC3)N1CCCNCC1. The van der Waals surface area contributed by atoms with Crippen LogP contribution in [-0.2, 0) is 24.2 Å². The highest BCUT2D eigenvalue weighted by atomic mass is 32.1. The van der Waals surface area contributed by atoms with Gasteiger partial charge in [-0.25, -0.2) is 4.98 Å². The van der Waals surface area contributed by atoms with E-state index in [2.05, 4.69) is 10.3 Å². The minimum Gasteiger partial charge on any atom is -0.341 e. The van der Waals surface area contributed by atoms with Gasteiger partial charge in [0.1, 0.15) is 4.83 Å². The number of aryl methyl sites for hydroxylation is 3. The number of carbonyl (C=O) groups is 1. The Balaban J connectivity index is 1.52. The summed E-state index contributed by atoms with van der Waals surface area (Å²) in [5, 5.41) is 4.10. The van der Waals surface area contributed by atoms with Gasteiger partial charge in [0.05, 0.1) is 11.7 Å². The van der Waals surface area contributed by atoms with Crippen LogP contribution in [0, 0.1) is 0 Å². The molecule has 1 saturated heterocycles. The summed E-state index contributed by atoms with van der Waals surface area (Å²) < 4.78 is 1.62. The lowest BCUT2D eigenvalue weighted by Crippen LogP contribution is -2.35. The molecule has 0 unspecified atom stereocenters. The average Bonchev–Trinajstić information content (AvgIpc) is 2.80. The first-order valence-electron chi connectivity index (χ1n) is 9.22. The van der Waals surface area contributed by atoms with Crippen molar-refractivity contribution < 1.29 is 4.79 Å². The molecule has 2 aromatic heterocycles. The van der Waals surface area contributed by atoms with Crippen LogP contribution in [0.2, 0.25) is 0 Å². The van der Waals surface area contributed by atoms with Gasteiger partial charge in [0.2, 0.25) is 5.91 Å². The molecule has 1 aliphatic carbocycles. The van der Waals surface area contributed by atoms with Gasteiger partial charge in [0.15, 0.2) is 0 Å². The molecule has 6 nitrogen and oxygen atoms in total. The molecule has 3 heterocycles. The standard InChI is InChI=1S/C18H24N4O2S/c23-15(21-9-3-7-19-8-11-21)6-10-22-12-20-17-16(18(22)24)13-4-1-2-5-14(13)25-17/h12,19H,1-11H2. The molecule has 134 valence electrons. The highest BCUT2D eigenvalue weighted by Crippen LogP contribution is 2.33. The number of nitrogens with zero attached hydrogens (tertiary/aromatic N) is 3. The van der Waals surface area contributed by atoms with Crippen LogP contribution in [0.25, 0.3) is 10.2 Å². The monoisotopic (exact) mass is 360 g/mol. The summed E-state index contributed by atoms with van der Waals surface area (Å²) in [6.45, 7) is 3.78. The minimum absolute atomic E-state index is 0.0229. The summed E-state index contributed by atoms with van der Waals surface area (Å²) in [6, 6.07) is 0. The number of carbonyl (C=O) groups excluding carboxylic acids is 1. The molecule has 0 aromatic carbocycles. The van der Waals surface area contributed by atoms with Crippen LogP contribution >= 0.6 is 11.3 Å². The quantitative estimate of drug-likeness (QED) is 0.902. The Hall–Kier alpha value is -1.73. The molecule has 1 amide bonds. The first kappa shape index (κ1) is 16.7. The number of aromatic nitrogens is 2. The highest BCUT2D eigenvalue weighted by molar-refractivity contribution is 7.18. The predicted molar refractivity (Wildman–Crippen MR) is 99.2 cm³/mol. The number of amides is 1. The molecule has 1 N–H and O–H groups in total. The molecule has 0 spiro atoms. The van der Waals surface area contributed by atoms with E-state index < -0.39 is 0 Å². The van der Waals surface area contributed by atoms with E-state index in [1.54, 1.807) is 22.2 Å². The van der Waals surface area contributed by atoms with Crippen LogP contribution < -0.4 is 10.9 Å². The third-order valence-electron chi connectivity index (χ3n) is 5.20. The lowest BCUT2D eigenvalue weighted by Gasteiger charge is -2.20. The topological polar surface area (TPSA) is 67.2 Å². The molecule has 2 aliphatic rings. The van der Waals surface area contributed by atoms with Crippen molar-refractivity contribution in [3.8, 4) is 0 Å². The second-order valence-corrected chi connectivity index (χ2v) is 7.95. The molecule has 0 bridgehead atoms. The summed E-state index contributed by atoms with van der Waals surface area (Å²) in [6.07, 6.45) is 7.36. The summed E-state index contributed by atoms with van der Waals surface area (Å²) in [5.74, 6) is 0.128. The summed E-state index contributed by atoms with van der Waals surface area (Å²) in [7, 11) is 0. The molecule has 25 heavy (non-hydrogen) atoms. The number of nitrogens with one attached hydrogen (secondary N) is 1. The van der Waals surface area contributed by atoms with Gasteiger partial charge in [-0.1, -0.05) is 0 Å². The third-order valence-corrected chi connectivity index (χ3v) is 6.40. The number of rotatable bonds is 3. The van der Waals surface area contributed by atoms with Crippen molar-refractivity contribution in [1.29, 1.82) is 0 Å². The van der Waals surface area contributed by atoms with Gasteiger partial charge in [-0.2, -0.15) is 0 Å². The van der Waals surface area contributed by atoms with Crippen molar-refractivity contribution in [3.63, 3.8) is 0 Å². The zero-order chi connectivity index (χ0) is 17.2. The maximum atomic E-state index is 12.9. The Labute approximate surface area is 150 Å². The van der Waals surface area contributed by atoms with E-state index in [0.29, 0.717) is 13.0 Å². The Morgan fingerprint density at radius 1 is 1.20 bits per heavy atom. The maximum absolute atomic E-state index is 12.9. The van der Waals surface area contributed by atoms with Crippen molar-refractivity contribution in [2.75, 3.05) is 26.2 Å². The fourth-order valence-corrected chi connectivity index (χ4v) is 5.03. The van der Waals surface area contributed by atoms with Gasteiger partial charge in [-0.3, -0.25) is 14.2 Å². The Kier molecular flexibility index (Phi) is 4.85. The van der Waals surface area contributed by atoms with Crippen LogP contribution in [0.1, 0.15) is 36.1 Å². The van der Waals surface area contributed by atoms with Crippen molar-refractivity contribution in [1.82, 2.24) is 19.8 Å². The number of hydrogen-bond donors (Lipinski definition) is 1. The van der Waals surface area contributed by atoms with E-state index >= 15 is 0 Å². The lowest BCUT2D eigenvalue weighted by molar-refractivity contribution is -0.131. The Morgan fingerprint density at radius 3 is 3.00 bits per heavy atom. The van der Waals surface area contributed by atoms with Crippen molar-refractivity contribution in [2.24, 2.45) is 0 Å². The van der Waals surface area contributed by atoms with E-state index in [4.69, 9.17) is 0 Å². The highest BCUT2D eigenvalue weighted by Gasteiger charge is 2.20. The second kappa shape index (κ2) is 7.25. The molecule has 7 heteroatoms. The normalized spacial score (nSPS) is 18.2. The minimum atomic E-state index is 0.0229. The largest absolute Gasteiger partial charge is 0.341 e. The average molecular weight is 360 g/mol. The van der Waals surface area contributed by atoms with Crippen LogP contribution in [-0.4, -0.2) is 46.5 Å². The molecule has 1 aliphatic heterocycles. The summed E-state index contributed by atoms with van der Waals surface area (Å²) >= 11 is 1.67. The van der Waals surface area contributed by atoms with E-state index in [-0.39, 0.29) is 11.5 Å². The second-order valence-electron chi connectivity index (χ2n) is 6.87. The van der Waals surface area contributed by atoms with Crippen molar-refractivity contribution in [3.05, 3.63) is 27.1 Å². The summed E-state index contributed by atoms with van der Waals surface area (Å²) in [5.41, 5.74) is 1.23. The summed E-state index contributed by atoms with van der Waals surface area (Å²) in [4.78, 5) is 33.9. The maximum Gasteiger partial charge on any atom is 0.262 e. The van der Waals surface area contributed by atoms with Crippen LogP contribution in [0.5, 0.6) is 0 Å². The predicted octanol–water partition coefficient (Wildman–Crippen LogP) is 1.55. The van der Waals surface area contributed by atoms with Gasteiger partial charge >= 0.3 is 0 Å². The van der Waals surface area contributed by atoms with E-state index in [1.165, 1.54) is 16.9 Å². The van der Waals surface area contributed by atoms with Crippen LogP contribution in [0.15, 0.2) is 11.1 Å². The first-order valence-corrected chi connectivity index (χ1v) is 10.0. The number of fused-ring (bicyclic) bond motifs is 3. The molecule has 2 aromatic rings. The number of thiophene rings is 1.